The van der Waals surface area contributed by atoms with Crippen molar-refractivity contribution in [2.45, 2.75) is 39.6 Å². The molecule has 0 saturated carbocycles. The van der Waals surface area contributed by atoms with Gasteiger partial charge in [-0.25, -0.2) is 0 Å². The van der Waals surface area contributed by atoms with Gasteiger partial charge in [-0.3, -0.25) is 4.90 Å². The molecule has 2 nitrogen and oxygen atoms in total. The van der Waals surface area contributed by atoms with E-state index >= 15 is 0 Å². The number of benzene rings is 1. The van der Waals surface area contributed by atoms with Crippen LogP contribution in [0.4, 0.5) is 0 Å². The van der Waals surface area contributed by atoms with Gasteiger partial charge in [0, 0.05) is 12.6 Å². The van der Waals surface area contributed by atoms with Crippen molar-refractivity contribution >= 4 is 0 Å². The molecule has 0 saturated heterocycles. The monoisotopic (exact) mass is 193 g/mol. The van der Waals surface area contributed by atoms with Crippen molar-refractivity contribution in [1.29, 1.82) is 0 Å². The van der Waals surface area contributed by atoms with Gasteiger partial charge in [0.2, 0.25) is 0 Å². The summed E-state index contributed by atoms with van der Waals surface area (Å²) in [6, 6.07) is 10.6. The van der Waals surface area contributed by atoms with Crippen LogP contribution in [0.15, 0.2) is 30.3 Å². The highest BCUT2D eigenvalue weighted by Crippen LogP contribution is 2.10. The Hall–Kier alpha value is -0.860. The van der Waals surface area contributed by atoms with E-state index in [0.29, 0.717) is 6.04 Å². The maximum atomic E-state index is 9.57. The molecule has 0 spiro atoms. The molecular weight excluding hydrogens is 174 g/mol. The molecule has 1 aromatic rings. The Bertz CT molecular complexity index is 248. The summed E-state index contributed by atoms with van der Waals surface area (Å²) in [5.74, 6) is 0. The fourth-order valence-corrected chi connectivity index (χ4v) is 1.54. The van der Waals surface area contributed by atoms with E-state index in [2.05, 4.69) is 30.9 Å². The molecule has 0 aliphatic carbocycles. The smallest absolute Gasteiger partial charge is 0.105 e. The van der Waals surface area contributed by atoms with Crippen molar-refractivity contribution in [3.8, 4) is 0 Å². The van der Waals surface area contributed by atoms with Crippen LogP contribution in [0.25, 0.3) is 0 Å². The Balaban J connectivity index is 2.65. The molecule has 1 aromatic carbocycles. The zero-order chi connectivity index (χ0) is 10.6. The van der Waals surface area contributed by atoms with E-state index in [1.54, 1.807) is 0 Å². The molecule has 1 atom stereocenters. The van der Waals surface area contributed by atoms with Crippen molar-refractivity contribution < 1.29 is 5.11 Å². The average Bonchev–Trinajstić information content (AvgIpc) is 2.15. The summed E-state index contributed by atoms with van der Waals surface area (Å²) >= 11 is 0. The van der Waals surface area contributed by atoms with E-state index in [9.17, 15) is 5.11 Å². The molecule has 0 amide bonds. The Labute approximate surface area is 86.2 Å². The van der Waals surface area contributed by atoms with Crippen LogP contribution in [0.2, 0.25) is 0 Å². The van der Waals surface area contributed by atoms with Crippen molar-refractivity contribution in [3.63, 3.8) is 0 Å². The minimum atomic E-state index is -0.393. The Kier molecular flexibility index (Phi) is 4.11. The standard InChI is InChI=1S/C12H19NO/c1-10(2)13(11(3)14)9-12-7-5-4-6-8-12/h4-8,10-11,14H,9H2,1-3H3. The summed E-state index contributed by atoms with van der Waals surface area (Å²) < 4.78 is 0. The van der Waals surface area contributed by atoms with E-state index < -0.39 is 6.23 Å². The molecule has 0 aliphatic heterocycles. The molecule has 1 rings (SSSR count). The summed E-state index contributed by atoms with van der Waals surface area (Å²) in [6.45, 7) is 6.80. The van der Waals surface area contributed by atoms with Gasteiger partial charge in [-0.1, -0.05) is 30.3 Å². The van der Waals surface area contributed by atoms with Crippen molar-refractivity contribution in [3.05, 3.63) is 35.9 Å². The van der Waals surface area contributed by atoms with Crippen LogP contribution in [-0.4, -0.2) is 22.3 Å². The van der Waals surface area contributed by atoms with Crippen LogP contribution < -0.4 is 0 Å². The predicted octanol–water partition coefficient (Wildman–Crippen LogP) is 2.24. The average molecular weight is 193 g/mol. The SMILES string of the molecule is CC(C)N(Cc1ccccc1)C(C)O. The maximum absolute atomic E-state index is 9.57. The molecule has 14 heavy (non-hydrogen) atoms. The van der Waals surface area contributed by atoms with Gasteiger partial charge in [0.1, 0.15) is 6.23 Å². The fraction of sp³-hybridized carbons (Fsp3) is 0.500. The number of aliphatic hydroxyl groups excluding tert-OH is 1. The van der Waals surface area contributed by atoms with Gasteiger partial charge < -0.3 is 5.11 Å². The largest absolute Gasteiger partial charge is 0.379 e. The zero-order valence-electron chi connectivity index (χ0n) is 9.14. The van der Waals surface area contributed by atoms with Gasteiger partial charge in [0.05, 0.1) is 0 Å². The lowest BCUT2D eigenvalue weighted by Gasteiger charge is -2.29. The topological polar surface area (TPSA) is 23.5 Å². The van der Waals surface area contributed by atoms with Gasteiger partial charge in [-0.15, -0.1) is 0 Å². The lowest BCUT2D eigenvalue weighted by molar-refractivity contribution is -0.00860. The van der Waals surface area contributed by atoms with E-state index in [4.69, 9.17) is 0 Å². The third-order valence-electron chi connectivity index (χ3n) is 2.35. The predicted molar refractivity (Wildman–Crippen MR) is 58.8 cm³/mol. The fourth-order valence-electron chi connectivity index (χ4n) is 1.54. The lowest BCUT2D eigenvalue weighted by Crippen LogP contribution is -2.37. The zero-order valence-corrected chi connectivity index (χ0v) is 9.14. The van der Waals surface area contributed by atoms with E-state index in [1.807, 2.05) is 25.1 Å². The first-order valence-electron chi connectivity index (χ1n) is 5.09. The minimum absolute atomic E-state index is 0.357. The maximum Gasteiger partial charge on any atom is 0.105 e. The summed E-state index contributed by atoms with van der Waals surface area (Å²) in [6.07, 6.45) is -0.393. The van der Waals surface area contributed by atoms with Crippen LogP contribution in [0, 0.1) is 0 Å². The third kappa shape index (κ3) is 3.13. The van der Waals surface area contributed by atoms with E-state index in [-0.39, 0.29) is 0 Å². The molecular formula is C12H19NO. The first kappa shape index (κ1) is 11.2. The molecule has 0 aromatic heterocycles. The van der Waals surface area contributed by atoms with Crippen LogP contribution in [0.5, 0.6) is 0 Å². The second-order valence-corrected chi connectivity index (χ2v) is 3.88. The van der Waals surface area contributed by atoms with Gasteiger partial charge in [0.15, 0.2) is 0 Å². The molecule has 1 unspecified atom stereocenters. The highest BCUT2D eigenvalue weighted by Gasteiger charge is 2.14. The summed E-state index contributed by atoms with van der Waals surface area (Å²) in [5.41, 5.74) is 1.24. The lowest BCUT2D eigenvalue weighted by atomic mass is 10.2. The Morgan fingerprint density at radius 3 is 2.14 bits per heavy atom. The summed E-state index contributed by atoms with van der Waals surface area (Å²) in [5, 5.41) is 9.57. The third-order valence-corrected chi connectivity index (χ3v) is 2.35. The van der Waals surface area contributed by atoms with Crippen LogP contribution in [0.3, 0.4) is 0 Å². The molecule has 2 heteroatoms. The Morgan fingerprint density at radius 2 is 1.71 bits per heavy atom. The molecule has 0 bridgehead atoms. The molecule has 0 fully saturated rings. The molecule has 0 heterocycles. The first-order valence-corrected chi connectivity index (χ1v) is 5.09. The number of nitrogens with zero attached hydrogens (tertiary/aromatic N) is 1. The normalized spacial score (nSPS) is 13.6. The molecule has 1 N–H and O–H groups in total. The second-order valence-electron chi connectivity index (χ2n) is 3.88. The minimum Gasteiger partial charge on any atom is -0.379 e. The molecule has 78 valence electrons. The highest BCUT2D eigenvalue weighted by atomic mass is 16.3. The van der Waals surface area contributed by atoms with Crippen molar-refractivity contribution in [2.24, 2.45) is 0 Å². The quantitative estimate of drug-likeness (QED) is 0.741. The van der Waals surface area contributed by atoms with Gasteiger partial charge in [0.25, 0.3) is 0 Å². The molecule has 0 aliphatic rings. The number of rotatable bonds is 4. The highest BCUT2D eigenvalue weighted by molar-refractivity contribution is 5.14. The van der Waals surface area contributed by atoms with Gasteiger partial charge in [-0.05, 0) is 26.3 Å². The number of aliphatic hydroxyl groups is 1. The van der Waals surface area contributed by atoms with E-state index in [1.165, 1.54) is 5.56 Å². The number of hydrogen-bond acceptors (Lipinski definition) is 2. The summed E-state index contributed by atoms with van der Waals surface area (Å²) in [4.78, 5) is 2.05. The van der Waals surface area contributed by atoms with Crippen LogP contribution in [-0.2, 0) is 6.54 Å². The van der Waals surface area contributed by atoms with Crippen molar-refractivity contribution in [2.75, 3.05) is 0 Å². The van der Waals surface area contributed by atoms with Crippen molar-refractivity contribution in [1.82, 2.24) is 4.90 Å². The van der Waals surface area contributed by atoms with Gasteiger partial charge in [-0.2, -0.15) is 0 Å². The van der Waals surface area contributed by atoms with E-state index in [0.717, 1.165) is 6.54 Å². The van der Waals surface area contributed by atoms with Crippen LogP contribution >= 0.6 is 0 Å². The summed E-state index contributed by atoms with van der Waals surface area (Å²) in [7, 11) is 0. The van der Waals surface area contributed by atoms with Crippen LogP contribution in [0.1, 0.15) is 26.3 Å². The van der Waals surface area contributed by atoms with Gasteiger partial charge >= 0.3 is 0 Å². The second kappa shape index (κ2) is 5.13. The molecule has 0 radical (unpaired) electrons. The number of hydrogen-bond donors (Lipinski definition) is 1. The first-order chi connectivity index (χ1) is 6.61. The Morgan fingerprint density at radius 1 is 1.14 bits per heavy atom.